The quantitative estimate of drug-likeness (QED) is 0.619. The predicted molar refractivity (Wildman–Crippen MR) is 91.1 cm³/mol. The highest BCUT2D eigenvalue weighted by molar-refractivity contribution is 7.19. The fourth-order valence-corrected chi connectivity index (χ4v) is 3.73. The van der Waals surface area contributed by atoms with Crippen LogP contribution in [0.25, 0.3) is 16.2 Å². The second kappa shape index (κ2) is 5.56. The van der Waals surface area contributed by atoms with Gasteiger partial charge in [0.15, 0.2) is 4.96 Å². The van der Waals surface area contributed by atoms with Gasteiger partial charge in [-0.1, -0.05) is 53.0 Å². The van der Waals surface area contributed by atoms with Crippen molar-refractivity contribution in [3.8, 4) is 11.3 Å². The molecular formula is C15H11N5OS2. The van der Waals surface area contributed by atoms with Crippen LogP contribution in [-0.4, -0.2) is 25.5 Å². The maximum atomic E-state index is 12.4. The Balaban J connectivity index is 1.69. The summed E-state index contributed by atoms with van der Waals surface area (Å²) in [5.41, 5.74) is 4.40. The van der Waals surface area contributed by atoms with Crippen molar-refractivity contribution in [1.29, 1.82) is 0 Å². The number of thiazole rings is 1. The van der Waals surface area contributed by atoms with Gasteiger partial charge in [-0.2, -0.15) is 0 Å². The summed E-state index contributed by atoms with van der Waals surface area (Å²) in [7, 11) is 0. The van der Waals surface area contributed by atoms with Gasteiger partial charge in [0, 0.05) is 17.5 Å². The molecule has 1 N–H and O–H groups in total. The Kier molecular flexibility index (Phi) is 3.40. The number of amides is 1. The maximum absolute atomic E-state index is 12.4. The highest BCUT2D eigenvalue weighted by atomic mass is 32.1. The summed E-state index contributed by atoms with van der Waals surface area (Å²) in [6.45, 7) is 1.91. The molecule has 3 heterocycles. The Morgan fingerprint density at radius 1 is 1.26 bits per heavy atom. The van der Waals surface area contributed by atoms with Crippen LogP contribution in [0.2, 0.25) is 0 Å². The van der Waals surface area contributed by atoms with E-state index in [0.29, 0.717) is 10.0 Å². The van der Waals surface area contributed by atoms with Crippen LogP contribution in [0.4, 0.5) is 5.13 Å². The Labute approximate surface area is 139 Å². The van der Waals surface area contributed by atoms with E-state index in [1.165, 1.54) is 22.7 Å². The van der Waals surface area contributed by atoms with Crippen LogP contribution in [0.3, 0.4) is 0 Å². The third kappa shape index (κ3) is 2.51. The molecule has 0 aliphatic carbocycles. The molecule has 0 fully saturated rings. The van der Waals surface area contributed by atoms with Crippen LogP contribution in [-0.2, 0) is 0 Å². The van der Waals surface area contributed by atoms with Crippen molar-refractivity contribution in [2.24, 2.45) is 0 Å². The van der Waals surface area contributed by atoms with Gasteiger partial charge in [0.2, 0.25) is 5.13 Å². The van der Waals surface area contributed by atoms with Crippen LogP contribution in [0.1, 0.15) is 15.4 Å². The molecule has 0 saturated carbocycles. The lowest BCUT2D eigenvalue weighted by atomic mass is 10.2. The Bertz CT molecular complexity index is 972. The van der Waals surface area contributed by atoms with Gasteiger partial charge < -0.3 is 0 Å². The molecule has 0 bridgehead atoms. The first-order chi connectivity index (χ1) is 11.2. The average Bonchev–Trinajstić information content (AvgIpc) is 3.26. The summed E-state index contributed by atoms with van der Waals surface area (Å²) in [5, 5.41) is 10.8. The second-order valence-electron chi connectivity index (χ2n) is 4.86. The number of nitrogens with zero attached hydrogens (tertiary/aromatic N) is 4. The zero-order valence-corrected chi connectivity index (χ0v) is 13.7. The largest absolute Gasteiger partial charge is 0.296 e. The smallest absolute Gasteiger partial charge is 0.269 e. The molecule has 3 aromatic heterocycles. The first-order valence-electron chi connectivity index (χ1n) is 6.84. The van der Waals surface area contributed by atoms with Crippen molar-refractivity contribution in [2.45, 2.75) is 6.92 Å². The van der Waals surface area contributed by atoms with Crippen molar-refractivity contribution >= 4 is 38.7 Å². The molecule has 0 aliphatic heterocycles. The van der Waals surface area contributed by atoms with E-state index in [0.717, 1.165) is 21.9 Å². The molecule has 1 aromatic carbocycles. The summed E-state index contributed by atoms with van der Waals surface area (Å²) < 4.78 is 1.95. The fourth-order valence-electron chi connectivity index (χ4n) is 2.29. The second-order valence-corrected chi connectivity index (χ2v) is 6.67. The minimum Gasteiger partial charge on any atom is -0.296 e. The molecule has 0 saturated heterocycles. The van der Waals surface area contributed by atoms with Crippen molar-refractivity contribution in [1.82, 2.24) is 19.6 Å². The molecule has 6 nitrogen and oxygen atoms in total. The lowest BCUT2D eigenvalue weighted by Gasteiger charge is -1.99. The number of hydrogen-bond donors (Lipinski definition) is 1. The van der Waals surface area contributed by atoms with E-state index in [9.17, 15) is 4.79 Å². The number of hydrogen-bond acceptors (Lipinski definition) is 6. The minimum absolute atomic E-state index is 0.184. The summed E-state index contributed by atoms with van der Waals surface area (Å²) in [5.74, 6) is -0.184. The number of aryl methyl sites for hydroxylation is 1. The van der Waals surface area contributed by atoms with E-state index in [2.05, 4.69) is 20.5 Å². The van der Waals surface area contributed by atoms with Gasteiger partial charge in [-0.3, -0.25) is 14.5 Å². The monoisotopic (exact) mass is 341 g/mol. The number of fused-ring (bicyclic) bond motifs is 1. The lowest BCUT2D eigenvalue weighted by Crippen LogP contribution is -2.11. The molecule has 0 unspecified atom stereocenters. The fraction of sp³-hybridized carbons (Fsp3) is 0.0667. The normalized spacial score (nSPS) is 11.0. The zero-order valence-electron chi connectivity index (χ0n) is 12.1. The van der Waals surface area contributed by atoms with E-state index >= 15 is 0 Å². The lowest BCUT2D eigenvalue weighted by molar-refractivity contribution is 0.102. The molecular weight excluding hydrogens is 330 g/mol. The van der Waals surface area contributed by atoms with Crippen molar-refractivity contribution in [3.63, 3.8) is 0 Å². The molecule has 23 heavy (non-hydrogen) atoms. The van der Waals surface area contributed by atoms with Crippen molar-refractivity contribution in [3.05, 3.63) is 52.6 Å². The van der Waals surface area contributed by atoms with Gasteiger partial charge in [0.25, 0.3) is 5.91 Å². The number of carbonyl (C=O) groups excluding carboxylic acids is 1. The van der Waals surface area contributed by atoms with Crippen molar-refractivity contribution in [2.75, 3.05) is 5.32 Å². The van der Waals surface area contributed by atoms with E-state index in [4.69, 9.17) is 0 Å². The number of rotatable bonds is 3. The van der Waals surface area contributed by atoms with E-state index in [-0.39, 0.29) is 5.91 Å². The SMILES string of the molecule is Cc1c(C(=O)Nc2nncs2)sc2nc(-c3ccccc3)cn12. The summed E-state index contributed by atoms with van der Waals surface area (Å²) in [6, 6.07) is 9.98. The van der Waals surface area contributed by atoms with Gasteiger partial charge in [0.1, 0.15) is 10.4 Å². The number of aromatic nitrogens is 4. The van der Waals surface area contributed by atoms with Gasteiger partial charge in [0.05, 0.1) is 5.69 Å². The van der Waals surface area contributed by atoms with Gasteiger partial charge in [-0.25, -0.2) is 4.98 Å². The third-order valence-electron chi connectivity index (χ3n) is 3.41. The molecule has 0 spiro atoms. The van der Waals surface area contributed by atoms with Crippen LogP contribution in [0.5, 0.6) is 0 Å². The maximum Gasteiger partial charge on any atom is 0.269 e. The van der Waals surface area contributed by atoms with Crippen LogP contribution < -0.4 is 5.32 Å². The van der Waals surface area contributed by atoms with Gasteiger partial charge >= 0.3 is 0 Å². The Hall–Kier alpha value is -2.58. The molecule has 1 amide bonds. The highest BCUT2D eigenvalue weighted by Gasteiger charge is 2.18. The Morgan fingerprint density at radius 2 is 2.09 bits per heavy atom. The molecule has 4 aromatic rings. The standard InChI is InChI=1S/C15H11N5OS2/c1-9-12(13(21)18-14-19-16-8-22-14)23-15-17-11(7-20(9)15)10-5-3-2-4-6-10/h2-8H,1H3,(H,18,19,21). The molecule has 0 atom stereocenters. The molecule has 8 heteroatoms. The molecule has 4 rings (SSSR count). The van der Waals surface area contributed by atoms with E-state index in [1.54, 1.807) is 5.51 Å². The number of nitrogens with one attached hydrogen (secondary N) is 1. The summed E-state index contributed by atoms with van der Waals surface area (Å²) in [4.78, 5) is 18.4. The predicted octanol–water partition coefficient (Wildman–Crippen LogP) is 3.48. The molecule has 0 aliphatic rings. The topological polar surface area (TPSA) is 72.2 Å². The van der Waals surface area contributed by atoms with Crippen molar-refractivity contribution < 1.29 is 4.79 Å². The molecule has 0 radical (unpaired) electrons. The third-order valence-corrected chi connectivity index (χ3v) is 5.18. The zero-order chi connectivity index (χ0) is 15.8. The van der Waals surface area contributed by atoms with Gasteiger partial charge in [-0.05, 0) is 6.92 Å². The van der Waals surface area contributed by atoms with Gasteiger partial charge in [-0.15, -0.1) is 10.2 Å². The van der Waals surface area contributed by atoms with Crippen LogP contribution >= 0.6 is 22.7 Å². The summed E-state index contributed by atoms with van der Waals surface area (Å²) in [6.07, 6.45) is 1.96. The first kappa shape index (κ1) is 14.0. The van der Waals surface area contributed by atoms with Crippen LogP contribution in [0.15, 0.2) is 42.0 Å². The number of imidazole rings is 1. The van der Waals surface area contributed by atoms with E-state index < -0.39 is 0 Å². The average molecular weight is 341 g/mol. The minimum atomic E-state index is -0.184. The number of carbonyl (C=O) groups is 1. The summed E-state index contributed by atoms with van der Waals surface area (Å²) >= 11 is 2.65. The molecule has 114 valence electrons. The Morgan fingerprint density at radius 3 is 2.78 bits per heavy atom. The van der Waals surface area contributed by atoms with Crippen LogP contribution in [0, 0.1) is 6.92 Å². The van der Waals surface area contributed by atoms with E-state index in [1.807, 2.05) is 47.9 Å². The first-order valence-corrected chi connectivity index (χ1v) is 8.53. The number of benzene rings is 1. The highest BCUT2D eigenvalue weighted by Crippen LogP contribution is 2.27. The number of anilines is 1.